The standard InChI is InChI=1S/C22H31NO4/c1-25-15-13-23(14-16-26-2)17-21(24)18-27-22(19-9-5-3-6-10-19)20-11-7-4-8-12-20/h3-12,21-22,24H,13-18H2,1-2H3/t21-/m1/s1. The Morgan fingerprint density at radius 2 is 1.30 bits per heavy atom. The van der Waals surface area contributed by atoms with Crippen LogP contribution in [0.4, 0.5) is 0 Å². The molecule has 5 nitrogen and oxygen atoms in total. The van der Waals surface area contributed by atoms with Crippen LogP contribution in [-0.2, 0) is 14.2 Å². The number of hydrogen-bond acceptors (Lipinski definition) is 5. The van der Waals surface area contributed by atoms with E-state index in [2.05, 4.69) is 4.90 Å². The number of hydrogen-bond donors (Lipinski definition) is 1. The molecule has 2 rings (SSSR count). The zero-order valence-corrected chi connectivity index (χ0v) is 16.3. The van der Waals surface area contributed by atoms with Crippen molar-refractivity contribution in [2.24, 2.45) is 0 Å². The van der Waals surface area contributed by atoms with Crippen LogP contribution in [0.15, 0.2) is 60.7 Å². The lowest BCUT2D eigenvalue weighted by atomic mass is 10.0. The quantitative estimate of drug-likeness (QED) is 0.585. The van der Waals surface area contributed by atoms with Crippen LogP contribution in [0.3, 0.4) is 0 Å². The summed E-state index contributed by atoms with van der Waals surface area (Å²) in [5.74, 6) is 0. The van der Waals surface area contributed by atoms with E-state index in [-0.39, 0.29) is 12.7 Å². The molecule has 0 unspecified atom stereocenters. The second kappa shape index (κ2) is 12.6. The van der Waals surface area contributed by atoms with Gasteiger partial charge in [0.05, 0.1) is 25.9 Å². The molecular weight excluding hydrogens is 342 g/mol. The highest BCUT2D eigenvalue weighted by atomic mass is 16.5. The number of aliphatic hydroxyl groups excluding tert-OH is 1. The molecule has 0 bridgehead atoms. The van der Waals surface area contributed by atoms with Gasteiger partial charge in [-0.2, -0.15) is 0 Å². The van der Waals surface area contributed by atoms with Crippen molar-refractivity contribution >= 4 is 0 Å². The van der Waals surface area contributed by atoms with Crippen molar-refractivity contribution in [2.75, 3.05) is 53.7 Å². The van der Waals surface area contributed by atoms with Gasteiger partial charge in [0.15, 0.2) is 0 Å². The number of nitrogens with zero attached hydrogens (tertiary/aromatic N) is 1. The molecular formula is C22H31NO4. The van der Waals surface area contributed by atoms with E-state index in [9.17, 15) is 5.11 Å². The second-order valence-corrected chi connectivity index (χ2v) is 6.47. The third-order valence-electron chi connectivity index (χ3n) is 4.35. The molecule has 0 amide bonds. The Labute approximate surface area is 162 Å². The minimum atomic E-state index is -0.589. The maximum Gasteiger partial charge on any atom is 0.108 e. The molecule has 27 heavy (non-hydrogen) atoms. The van der Waals surface area contributed by atoms with Crippen LogP contribution in [0.5, 0.6) is 0 Å². The van der Waals surface area contributed by atoms with Crippen molar-refractivity contribution in [3.8, 4) is 0 Å². The molecule has 0 aliphatic heterocycles. The normalized spacial score (nSPS) is 12.6. The van der Waals surface area contributed by atoms with Crippen LogP contribution in [-0.4, -0.2) is 69.8 Å². The van der Waals surface area contributed by atoms with Crippen LogP contribution in [0, 0.1) is 0 Å². The zero-order valence-electron chi connectivity index (χ0n) is 16.3. The average Bonchev–Trinajstić information content (AvgIpc) is 2.71. The Morgan fingerprint density at radius 3 is 1.74 bits per heavy atom. The number of rotatable bonds is 13. The van der Waals surface area contributed by atoms with E-state index in [4.69, 9.17) is 14.2 Å². The summed E-state index contributed by atoms with van der Waals surface area (Å²) in [4.78, 5) is 2.13. The summed E-state index contributed by atoms with van der Waals surface area (Å²) >= 11 is 0. The van der Waals surface area contributed by atoms with Crippen molar-refractivity contribution in [3.05, 3.63) is 71.8 Å². The lowest BCUT2D eigenvalue weighted by molar-refractivity contribution is -0.0136. The lowest BCUT2D eigenvalue weighted by Gasteiger charge is -2.26. The van der Waals surface area contributed by atoms with E-state index >= 15 is 0 Å². The van der Waals surface area contributed by atoms with Gasteiger partial charge in [-0.05, 0) is 11.1 Å². The third-order valence-corrected chi connectivity index (χ3v) is 4.35. The fourth-order valence-corrected chi connectivity index (χ4v) is 2.93. The summed E-state index contributed by atoms with van der Waals surface area (Å²) in [7, 11) is 3.36. The lowest BCUT2D eigenvalue weighted by Crippen LogP contribution is -2.39. The molecule has 2 aromatic carbocycles. The van der Waals surface area contributed by atoms with E-state index in [0.717, 1.165) is 24.2 Å². The predicted octanol–water partition coefficient (Wildman–Crippen LogP) is 2.75. The van der Waals surface area contributed by atoms with E-state index in [0.29, 0.717) is 19.8 Å². The van der Waals surface area contributed by atoms with Gasteiger partial charge in [-0.25, -0.2) is 0 Å². The van der Waals surface area contributed by atoms with Crippen LogP contribution in [0.1, 0.15) is 17.2 Å². The topological polar surface area (TPSA) is 51.2 Å². The first kappa shape index (κ1) is 21.5. The van der Waals surface area contributed by atoms with Crippen molar-refractivity contribution in [2.45, 2.75) is 12.2 Å². The van der Waals surface area contributed by atoms with Crippen molar-refractivity contribution in [1.29, 1.82) is 0 Å². The molecule has 0 spiro atoms. The maximum absolute atomic E-state index is 10.5. The summed E-state index contributed by atoms with van der Waals surface area (Å²) in [6.45, 7) is 3.51. The largest absolute Gasteiger partial charge is 0.389 e. The van der Waals surface area contributed by atoms with Crippen molar-refractivity contribution < 1.29 is 19.3 Å². The summed E-state index contributed by atoms with van der Waals surface area (Å²) in [6.07, 6.45) is -0.790. The molecule has 0 heterocycles. The number of benzene rings is 2. The molecule has 0 aliphatic rings. The van der Waals surface area contributed by atoms with Gasteiger partial charge >= 0.3 is 0 Å². The molecule has 148 valence electrons. The fourth-order valence-electron chi connectivity index (χ4n) is 2.93. The zero-order chi connectivity index (χ0) is 19.3. The molecule has 1 N–H and O–H groups in total. The first-order valence-corrected chi connectivity index (χ1v) is 9.34. The molecule has 0 radical (unpaired) electrons. The van der Waals surface area contributed by atoms with Crippen molar-refractivity contribution in [1.82, 2.24) is 4.90 Å². The van der Waals surface area contributed by atoms with Crippen LogP contribution >= 0.6 is 0 Å². The van der Waals surface area contributed by atoms with Gasteiger partial charge in [0.25, 0.3) is 0 Å². The summed E-state index contributed by atoms with van der Waals surface area (Å²) in [5.41, 5.74) is 2.15. The monoisotopic (exact) mass is 373 g/mol. The molecule has 1 atom stereocenters. The average molecular weight is 373 g/mol. The Kier molecular flexibility index (Phi) is 10.0. The SMILES string of the molecule is COCCN(CCOC)C[C@@H](O)COC(c1ccccc1)c1ccccc1. The first-order valence-electron chi connectivity index (χ1n) is 9.34. The van der Waals surface area contributed by atoms with E-state index in [1.807, 2.05) is 60.7 Å². The molecule has 0 saturated carbocycles. The third kappa shape index (κ3) is 7.79. The predicted molar refractivity (Wildman–Crippen MR) is 107 cm³/mol. The van der Waals surface area contributed by atoms with E-state index < -0.39 is 6.10 Å². The Hall–Kier alpha value is -1.76. The fraction of sp³-hybridized carbons (Fsp3) is 0.455. The molecule has 2 aromatic rings. The molecule has 0 fully saturated rings. The van der Waals surface area contributed by atoms with Gasteiger partial charge in [-0.15, -0.1) is 0 Å². The smallest absolute Gasteiger partial charge is 0.108 e. The highest BCUT2D eigenvalue weighted by molar-refractivity contribution is 5.29. The summed E-state index contributed by atoms with van der Waals surface area (Å²) in [5, 5.41) is 10.5. The van der Waals surface area contributed by atoms with Gasteiger partial charge in [0, 0.05) is 33.9 Å². The van der Waals surface area contributed by atoms with Crippen molar-refractivity contribution in [3.63, 3.8) is 0 Å². The first-order chi connectivity index (χ1) is 13.2. The molecule has 0 aromatic heterocycles. The highest BCUT2D eigenvalue weighted by Crippen LogP contribution is 2.25. The molecule has 5 heteroatoms. The highest BCUT2D eigenvalue weighted by Gasteiger charge is 2.18. The second-order valence-electron chi connectivity index (χ2n) is 6.47. The van der Waals surface area contributed by atoms with Crippen LogP contribution in [0.2, 0.25) is 0 Å². The minimum absolute atomic E-state index is 0.201. The van der Waals surface area contributed by atoms with Gasteiger partial charge in [-0.3, -0.25) is 4.90 Å². The number of ether oxygens (including phenoxy) is 3. The summed E-state index contributed by atoms with van der Waals surface area (Å²) in [6, 6.07) is 20.2. The molecule has 0 aliphatic carbocycles. The van der Waals surface area contributed by atoms with Gasteiger partial charge in [0.2, 0.25) is 0 Å². The maximum atomic E-state index is 10.5. The van der Waals surface area contributed by atoms with Gasteiger partial charge < -0.3 is 19.3 Å². The minimum Gasteiger partial charge on any atom is -0.389 e. The van der Waals surface area contributed by atoms with E-state index in [1.54, 1.807) is 14.2 Å². The van der Waals surface area contributed by atoms with Gasteiger partial charge in [0.1, 0.15) is 6.10 Å². The Bertz CT molecular complexity index is 561. The van der Waals surface area contributed by atoms with E-state index in [1.165, 1.54) is 0 Å². The Morgan fingerprint density at radius 1 is 0.815 bits per heavy atom. The van der Waals surface area contributed by atoms with Crippen LogP contribution < -0.4 is 0 Å². The van der Waals surface area contributed by atoms with Gasteiger partial charge in [-0.1, -0.05) is 60.7 Å². The number of methoxy groups -OCH3 is 2. The van der Waals surface area contributed by atoms with Crippen LogP contribution in [0.25, 0.3) is 0 Å². The Balaban J connectivity index is 1.97. The number of aliphatic hydroxyl groups is 1. The summed E-state index contributed by atoms with van der Waals surface area (Å²) < 4.78 is 16.5. The molecule has 0 saturated heterocycles.